The van der Waals surface area contributed by atoms with E-state index in [-0.39, 0.29) is 24.3 Å². The van der Waals surface area contributed by atoms with Crippen molar-refractivity contribution < 1.29 is 23.4 Å². The fourth-order valence-corrected chi connectivity index (χ4v) is 9.22. The highest BCUT2D eigenvalue weighted by atomic mass is 19.1. The number of nitrogens with zero attached hydrogens (tertiary/aromatic N) is 9. The number of ether oxygens (including phenoxy) is 1. The number of fused-ring (bicyclic) bond motifs is 9. The molecule has 3 aromatic carbocycles. The minimum absolute atomic E-state index is 0.0349. The van der Waals surface area contributed by atoms with Gasteiger partial charge in [-0.2, -0.15) is 20.2 Å². The second-order valence-electron chi connectivity index (χ2n) is 15.0. The van der Waals surface area contributed by atoms with Crippen molar-refractivity contribution in [2.24, 2.45) is 0 Å². The van der Waals surface area contributed by atoms with Crippen LogP contribution in [0.1, 0.15) is 41.9 Å². The van der Waals surface area contributed by atoms with Crippen molar-refractivity contribution in [3.63, 3.8) is 0 Å². The lowest BCUT2D eigenvalue weighted by Gasteiger charge is -2.31. The van der Waals surface area contributed by atoms with Gasteiger partial charge < -0.3 is 19.6 Å². The van der Waals surface area contributed by atoms with Gasteiger partial charge >= 0.3 is 6.01 Å². The lowest BCUT2D eigenvalue weighted by atomic mass is 9.94. The van der Waals surface area contributed by atoms with Crippen molar-refractivity contribution in [3.8, 4) is 11.8 Å². The second-order valence-corrected chi connectivity index (χ2v) is 15.0. The van der Waals surface area contributed by atoms with Crippen molar-refractivity contribution in [3.05, 3.63) is 65.0 Å². The summed E-state index contributed by atoms with van der Waals surface area (Å²) in [6.45, 7) is 7.51. The van der Waals surface area contributed by atoms with E-state index in [1.165, 1.54) is 11.0 Å². The van der Waals surface area contributed by atoms with Gasteiger partial charge in [-0.25, -0.2) is 13.3 Å². The maximum absolute atomic E-state index is 15.9. The van der Waals surface area contributed by atoms with Gasteiger partial charge in [0.2, 0.25) is 0 Å². The quantitative estimate of drug-likeness (QED) is 0.195. The van der Waals surface area contributed by atoms with Gasteiger partial charge in [0.15, 0.2) is 5.69 Å². The van der Waals surface area contributed by atoms with Crippen molar-refractivity contribution in [1.82, 2.24) is 39.2 Å². The van der Waals surface area contributed by atoms with Crippen LogP contribution < -0.4 is 14.9 Å². The number of hydrogen-bond donors (Lipinski definition) is 1. The number of anilines is 1. The maximum atomic E-state index is 15.9. The highest BCUT2D eigenvalue weighted by Gasteiger charge is 2.49. The number of hydrogen-bond acceptors (Lipinski definition) is 9. The summed E-state index contributed by atoms with van der Waals surface area (Å²) in [6, 6.07) is 10.1. The average Bonchev–Trinajstić information content (AvgIpc) is 3.90. The molecule has 0 aliphatic carbocycles. The Morgan fingerprint density at radius 1 is 1.08 bits per heavy atom. The molecule has 53 heavy (non-hydrogen) atoms. The molecule has 0 unspecified atom stereocenters. The number of phenolic OH excluding ortho intramolecular Hbond substituents is 1. The fraction of sp³-hybridized carbons (Fsp3) is 0.359. The lowest BCUT2D eigenvalue weighted by molar-refractivity contribution is 0.0821. The number of alkyl halides is 1. The zero-order chi connectivity index (χ0) is 36.3. The Hall–Kier alpha value is -5.63. The highest BCUT2D eigenvalue weighted by Crippen LogP contribution is 2.43. The summed E-state index contributed by atoms with van der Waals surface area (Å²) >= 11 is 0. The molecule has 0 radical (unpaired) electrons. The summed E-state index contributed by atoms with van der Waals surface area (Å²) in [7, 11) is 3.41. The third kappa shape index (κ3) is 4.70. The molecule has 12 nitrogen and oxygen atoms in total. The number of rotatable bonds is 5. The van der Waals surface area contributed by atoms with Crippen LogP contribution in [-0.2, 0) is 13.1 Å². The number of halogens is 2. The molecule has 7 aromatic rings. The largest absolute Gasteiger partial charge is 0.508 e. The molecule has 1 N–H and O–H groups in total. The minimum atomic E-state index is -0.919. The Bertz CT molecular complexity index is 2730. The SMILES string of the molecule is C=c1c2c(F)ccc3cc(O)cc(c32)c2c1c1nc(OC[C@@]34CCCN3C[C@H](F)C4)nc(N3CCCn4nc(C(=O)N(C)C)cc4C3)c1c1ccnn12. The topological polar surface area (TPSA) is 117 Å². The van der Waals surface area contributed by atoms with Crippen LogP contribution in [0.4, 0.5) is 14.6 Å². The van der Waals surface area contributed by atoms with E-state index in [0.29, 0.717) is 98.2 Å². The van der Waals surface area contributed by atoms with E-state index in [2.05, 4.69) is 21.5 Å². The molecule has 3 aliphatic rings. The molecule has 14 heteroatoms. The number of phenols is 1. The molecule has 0 saturated carbocycles. The fourth-order valence-electron chi connectivity index (χ4n) is 9.22. The zero-order valence-electron chi connectivity index (χ0n) is 29.4. The number of carbonyl (C=O) groups is 1. The molecule has 3 aliphatic heterocycles. The van der Waals surface area contributed by atoms with Crippen molar-refractivity contribution >= 4 is 67.2 Å². The molecular weight excluding hydrogens is 680 g/mol. The Balaban J connectivity index is 1.25. The van der Waals surface area contributed by atoms with Crippen molar-refractivity contribution in [2.45, 2.75) is 50.5 Å². The molecule has 2 fully saturated rings. The number of aromatic nitrogens is 6. The van der Waals surface area contributed by atoms with Crippen molar-refractivity contribution in [2.75, 3.05) is 45.2 Å². The molecular formula is C39H37F2N9O3. The number of amides is 1. The van der Waals surface area contributed by atoms with E-state index < -0.39 is 17.5 Å². The monoisotopic (exact) mass is 717 g/mol. The maximum Gasteiger partial charge on any atom is 0.319 e. The number of benzene rings is 3. The van der Waals surface area contributed by atoms with Gasteiger partial charge in [0, 0.05) is 61.7 Å². The van der Waals surface area contributed by atoms with E-state index in [1.807, 2.05) is 16.8 Å². The molecule has 0 bridgehead atoms. The first kappa shape index (κ1) is 32.1. The van der Waals surface area contributed by atoms with Crippen LogP contribution in [0.3, 0.4) is 0 Å². The standard InChI is InChI=1S/C39H37F2N9O3/c1-21-30-27(41)7-6-22-14-25(51)16-26(32(22)30)35-31(21)34-33(29-8-10-42-50(29)35)36(44-38(43-34)53-20-39-9-4-12-48(39)18-23(40)17-39)47-11-5-13-49-24(19-47)15-28(45-49)37(52)46(2)3/h6-8,10,14-16,23,51H,1,4-5,9,11-13,17-20H2,2-3H3/t23-,39+/m1/s1. The molecule has 270 valence electrons. The van der Waals surface area contributed by atoms with Gasteiger partial charge in [0.05, 0.1) is 45.9 Å². The summed E-state index contributed by atoms with van der Waals surface area (Å²) in [5, 5.41) is 24.2. The third-order valence-corrected chi connectivity index (χ3v) is 11.5. The van der Waals surface area contributed by atoms with E-state index >= 15 is 4.39 Å². The molecule has 10 rings (SSSR count). The predicted molar refractivity (Wildman–Crippen MR) is 198 cm³/mol. The average molecular weight is 718 g/mol. The molecule has 1 amide bonds. The summed E-state index contributed by atoms with van der Waals surface area (Å²) in [5.74, 6) is -0.00139. The summed E-state index contributed by atoms with van der Waals surface area (Å²) in [5.41, 5.74) is 2.62. The Morgan fingerprint density at radius 2 is 1.94 bits per heavy atom. The highest BCUT2D eigenvalue weighted by molar-refractivity contribution is 6.27. The number of aryl methyl sites for hydroxylation is 1. The van der Waals surface area contributed by atoms with Gasteiger partial charge in [-0.15, -0.1) is 0 Å². The van der Waals surface area contributed by atoms with Crippen LogP contribution in [0.25, 0.3) is 55.4 Å². The van der Waals surface area contributed by atoms with E-state index in [4.69, 9.17) is 19.8 Å². The molecule has 2 atom stereocenters. The van der Waals surface area contributed by atoms with Crippen molar-refractivity contribution in [1.29, 1.82) is 0 Å². The van der Waals surface area contributed by atoms with Gasteiger partial charge in [-0.3, -0.25) is 14.4 Å². The van der Waals surface area contributed by atoms with Gasteiger partial charge in [-0.1, -0.05) is 12.6 Å². The normalized spacial score (nSPS) is 20.6. The van der Waals surface area contributed by atoms with E-state index in [1.54, 1.807) is 43.0 Å². The summed E-state index contributed by atoms with van der Waals surface area (Å²) < 4.78 is 40.9. The number of carbonyl (C=O) groups excluding carboxylic acids is 1. The Kier molecular flexibility index (Phi) is 6.91. The van der Waals surface area contributed by atoms with Gasteiger partial charge in [0.25, 0.3) is 5.91 Å². The van der Waals surface area contributed by atoms with Crippen LogP contribution in [0.2, 0.25) is 0 Å². The van der Waals surface area contributed by atoms with Crippen LogP contribution in [0, 0.1) is 5.82 Å². The van der Waals surface area contributed by atoms with E-state index in [9.17, 15) is 14.3 Å². The lowest BCUT2D eigenvalue weighted by Crippen LogP contribution is -2.43. The minimum Gasteiger partial charge on any atom is -0.508 e. The first-order valence-corrected chi connectivity index (χ1v) is 18.0. The summed E-state index contributed by atoms with van der Waals surface area (Å²) in [4.78, 5) is 28.9. The molecule has 2 saturated heterocycles. The third-order valence-electron chi connectivity index (χ3n) is 11.5. The van der Waals surface area contributed by atoms with Crippen LogP contribution in [0.15, 0.2) is 42.6 Å². The Morgan fingerprint density at radius 3 is 2.79 bits per heavy atom. The predicted octanol–water partition coefficient (Wildman–Crippen LogP) is 4.97. The molecule has 4 aromatic heterocycles. The van der Waals surface area contributed by atoms with Crippen LogP contribution >= 0.6 is 0 Å². The smallest absolute Gasteiger partial charge is 0.319 e. The molecule has 0 spiro atoms. The number of aromatic hydroxyl groups is 1. The zero-order valence-corrected chi connectivity index (χ0v) is 29.4. The second kappa shape index (κ2) is 11.4. The van der Waals surface area contributed by atoms with Crippen LogP contribution in [0.5, 0.6) is 11.8 Å². The van der Waals surface area contributed by atoms with Gasteiger partial charge in [0.1, 0.15) is 30.2 Å². The first-order chi connectivity index (χ1) is 25.6. The van der Waals surface area contributed by atoms with Crippen LogP contribution in [-0.4, -0.2) is 102 Å². The number of pyridine rings is 1. The first-order valence-electron chi connectivity index (χ1n) is 18.0. The summed E-state index contributed by atoms with van der Waals surface area (Å²) in [6.07, 6.45) is 3.68. The Labute approximate surface area is 301 Å². The molecule has 7 heterocycles. The van der Waals surface area contributed by atoms with E-state index in [0.717, 1.165) is 31.5 Å². The van der Waals surface area contributed by atoms with Gasteiger partial charge in [-0.05, 0) is 66.7 Å².